The highest BCUT2D eigenvalue weighted by molar-refractivity contribution is 7.71. The second-order valence-electron chi connectivity index (χ2n) is 5.23. The molecule has 0 heterocycles. The Morgan fingerprint density at radius 1 is 0.833 bits per heavy atom. The molecule has 1 aromatic carbocycles. The SMILES string of the molecule is CC[C@H](C)P(C)c1ccccc1P(C)[C@@H](C)CC. The Morgan fingerprint density at radius 2 is 1.17 bits per heavy atom. The summed E-state index contributed by atoms with van der Waals surface area (Å²) in [5.74, 6) is 0. The highest BCUT2D eigenvalue weighted by Gasteiger charge is 2.20. The molecule has 102 valence electrons. The van der Waals surface area contributed by atoms with Gasteiger partial charge in [0.1, 0.15) is 0 Å². The van der Waals surface area contributed by atoms with Crippen molar-refractivity contribution in [3.63, 3.8) is 0 Å². The first kappa shape index (κ1) is 16.1. The molecule has 2 heteroatoms. The predicted octanol–water partition coefficient (Wildman–Crippen LogP) is 4.76. The molecule has 4 atom stereocenters. The molecule has 18 heavy (non-hydrogen) atoms. The largest absolute Gasteiger partial charge is 0.0749 e. The van der Waals surface area contributed by atoms with E-state index in [9.17, 15) is 0 Å². The Morgan fingerprint density at radius 3 is 1.44 bits per heavy atom. The van der Waals surface area contributed by atoms with Gasteiger partial charge in [-0.3, -0.25) is 0 Å². The predicted molar refractivity (Wildman–Crippen MR) is 90.9 cm³/mol. The number of rotatable bonds is 6. The smallest absolute Gasteiger partial charge is 0.0164 e. The Bertz CT molecular complexity index is 327. The van der Waals surface area contributed by atoms with Gasteiger partial charge < -0.3 is 0 Å². The van der Waals surface area contributed by atoms with Crippen LogP contribution in [0.15, 0.2) is 24.3 Å². The van der Waals surface area contributed by atoms with Crippen LogP contribution in [0.2, 0.25) is 0 Å². The second kappa shape index (κ2) is 7.62. The van der Waals surface area contributed by atoms with Crippen molar-refractivity contribution in [2.24, 2.45) is 0 Å². The van der Waals surface area contributed by atoms with Gasteiger partial charge in [0, 0.05) is 0 Å². The lowest BCUT2D eigenvalue weighted by Gasteiger charge is -2.27. The van der Waals surface area contributed by atoms with Gasteiger partial charge in [0.15, 0.2) is 0 Å². The minimum absolute atomic E-state index is 0.00380. The van der Waals surface area contributed by atoms with Gasteiger partial charge in [-0.05, 0) is 48.1 Å². The van der Waals surface area contributed by atoms with Gasteiger partial charge in [-0.1, -0.05) is 67.8 Å². The summed E-state index contributed by atoms with van der Waals surface area (Å²) in [6, 6.07) is 9.21. The van der Waals surface area contributed by atoms with Crippen molar-refractivity contribution in [2.45, 2.75) is 51.9 Å². The fraction of sp³-hybridized carbons (Fsp3) is 0.625. The molecule has 0 aromatic heterocycles. The van der Waals surface area contributed by atoms with Crippen molar-refractivity contribution in [3.8, 4) is 0 Å². The lowest BCUT2D eigenvalue weighted by atomic mass is 10.3. The minimum Gasteiger partial charge on any atom is -0.0749 e. The first-order valence-corrected chi connectivity index (χ1v) is 10.8. The zero-order valence-corrected chi connectivity index (χ0v) is 14.6. The summed E-state index contributed by atoms with van der Waals surface area (Å²) in [5.41, 5.74) is 1.67. The van der Waals surface area contributed by atoms with E-state index in [1.807, 2.05) is 0 Å². The molecule has 0 bridgehead atoms. The standard InChI is InChI=1S/C16H28P2/c1-7-13(3)17(5)15-11-9-10-12-16(15)18(6)14(4)8-2/h9-14H,7-8H2,1-6H3/t13-,14-,17?,18?/m0/s1. The molecule has 1 aromatic rings. The molecular formula is C16H28P2. The van der Waals surface area contributed by atoms with Crippen LogP contribution in [0.1, 0.15) is 40.5 Å². The first-order valence-electron chi connectivity index (χ1n) is 7.07. The fourth-order valence-corrected chi connectivity index (χ4v) is 6.59. The monoisotopic (exact) mass is 282 g/mol. The van der Waals surface area contributed by atoms with Crippen LogP contribution in [0, 0.1) is 0 Å². The van der Waals surface area contributed by atoms with Crippen molar-refractivity contribution >= 4 is 26.5 Å². The maximum absolute atomic E-state index is 2.46. The molecular weight excluding hydrogens is 254 g/mol. The molecule has 0 aliphatic rings. The molecule has 0 nitrogen and oxygen atoms in total. The zero-order valence-electron chi connectivity index (χ0n) is 12.8. The maximum atomic E-state index is 2.46. The van der Waals surface area contributed by atoms with Gasteiger partial charge >= 0.3 is 0 Å². The summed E-state index contributed by atoms with van der Waals surface area (Å²) in [4.78, 5) is 0. The molecule has 0 aliphatic carbocycles. The number of hydrogen-bond acceptors (Lipinski definition) is 0. The Balaban J connectivity index is 3.06. The van der Waals surface area contributed by atoms with Crippen LogP contribution >= 0.6 is 15.8 Å². The normalized spacial score (nSPS) is 18.1. The van der Waals surface area contributed by atoms with E-state index in [1.54, 1.807) is 10.6 Å². The van der Waals surface area contributed by atoms with Crippen LogP contribution in [-0.2, 0) is 0 Å². The summed E-state index contributed by atoms with van der Waals surface area (Å²) >= 11 is 0. The second-order valence-corrected chi connectivity index (χ2v) is 10.4. The molecule has 2 unspecified atom stereocenters. The van der Waals surface area contributed by atoms with Crippen LogP contribution in [-0.4, -0.2) is 24.6 Å². The molecule has 0 fully saturated rings. The van der Waals surface area contributed by atoms with Crippen LogP contribution in [0.25, 0.3) is 0 Å². The maximum Gasteiger partial charge on any atom is -0.0164 e. The van der Waals surface area contributed by atoms with Gasteiger partial charge in [0.05, 0.1) is 0 Å². The summed E-state index contributed by atoms with van der Waals surface area (Å²) in [7, 11) is -0.00761. The lowest BCUT2D eigenvalue weighted by molar-refractivity contribution is 0.896. The highest BCUT2D eigenvalue weighted by Crippen LogP contribution is 2.43. The quantitative estimate of drug-likeness (QED) is 0.660. The van der Waals surface area contributed by atoms with Crippen molar-refractivity contribution in [3.05, 3.63) is 24.3 Å². The van der Waals surface area contributed by atoms with E-state index >= 15 is 0 Å². The van der Waals surface area contributed by atoms with Crippen LogP contribution in [0.5, 0.6) is 0 Å². The number of benzene rings is 1. The minimum atomic E-state index is -0.00380. The molecule has 0 saturated heterocycles. The molecule has 0 amide bonds. The van der Waals surface area contributed by atoms with Gasteiger partial charge in [0.25, 0.3) is 0 Å². The van der Waals surface area contributed by atoms with E-state index < -0.39 is 0 Å². The molecule has 0 saturated carbocycles. The summed E-state index contributed by atoms with van der Waals surface area (Å²) < 4.78 is 0. The topological polar surface area (TPSA) is 0 Å². The molecule has 0 N–H and O–H groups in total. The third kappa shape index (κ3) is 3.79. The Hall–Kier alpha value is 0.0800. The third-order valence-corrected chi connectivity index (χ3v) is 10.00. The van der Waals surface area contributed by atoms with Gasteiger partial charge in [-0.25, -0.2) is 0 Å². The van der Waals surface area contributed by atoms with Crippen molar-refractivity contribution < 1.29 is 0 Å². The van der Waals surface area contributed by atoms with Gasteiger partial charge in [-0.2, -0.15) is 0 Å². The third-order valence-electron chi connectivity index (χ3n) is 4.15. The summed E-state index contributed by atoms with van der Waals surface area (Å²) in [5, 5.41) is 3.33. The van der Waals surface area contributed by atoms with E-state index in [4.69, 9.17) is 0 Å². The average Bonchev–Trinajstić information content (AvgIpc) is 2.43. The zero-order chi connectivity index (χ0) is 13.7. The van der Waals surface area contributed by atoms with Crippen molar-refractivity contribution in [1.29, 1.82) is 0 Å². The van der Waals surface area contributed by atoms with E-state index in [2.05, 4.69) is 65.3 Å². The van der Waals surface area contributed by atoms with E-state index in [-0.39, 0.29) is 15.8 Å². The lowest BCUT2D eigenvalue weighted by Crippen LogP contribution is -2.26. The van der Waals surface area contributed by atoms with Crippen LogP contribution in [0.3, 0.4) is 0 Å². The summed E-state index contributed by atoms with van der Waals surface area (Å²) in [6.45, 7) is 14.4. The van der Waals surface area contributed by atoms with E-state index in [0.29, 0.717) is 0 Å². The van der Waals surface area contributed by atoms with Crippen LogP contribution < -0.4 is 10.6 Å². The fourth-order valence-electron chi connectivity index (χ4n) is 2.08. The van der Waals surface area contributed by atoms with Gasteiger partial charge in [-0.15, -0.1) is 0 Å². The number of hydrogen-bond donors (Lipinski definition) is 0. The van der Waals surface area contributed by atoms with Crippen molar-refractivity contribution in [2.75, 3.05) is 13.3 Å². The highest BCUT2D eigenvalue weighted by atomic mass is 31.1. The van der Waals surface area contributed by atoms with Crippen LogP contribution in [0.4, 0.5) is 0 Å². The Labute approximate surface area is 116 Å². The first-order chi connectivity index (χ1) is 8.52. The Kier molecular flexibility index (Phi) is 6.83. The molecule has 0 radical (unpaired) electrons. The van der Waals surface area contributed by atoms with E-state index in [1.165, 1.54) is 12.8 Å². The van der Waals surface area contributed by atoms with Crippen molar-refractivity contribution in [1.82, 2.24) is 0 Å². The molecule has 0 aliphatic heterocycles. The average molecular weight is 282 g/mol. The van der Waals surface area contributed by atoms with E-state index in [0.717, 1.165) is 11.3 Å². The molecule has 0 spiro atoms. The van der Waals surface area contributed by atoms with Gasteiger partial charge in [0.2, 0.25) is 0 Å². The molecule has 1 rings (SSSR count). The summed E-state index contributed by atoms with van der Waals surface area (Å²) in [6.07, 6.45) is 2.59.